The second-order valence-corrected chi connectivity index (χ2v) is 9.41. The summed E-state index contributed by atoms with van der Waals surface area (Å²) in [5.41, 5.74) is 11.7. The molecule has 5 aromatic rings. The summed E-state index contributed by atoms with van der Waals surface area (Å²) < 4.78 is 1.52. The number of amides is 1. The summed E-state index contributed by atoms with van der Waals surface area (Å²) in [6.45, 7) is 2.56. The van der Waals surface area contributed by atoms with Crippen LogP contribution in [0.5, 0.6) is 0 Å². The van der Waals surface area contributed by atoms with Crippen molar-refractivity contribution >= 4 is 23.2 Å². The minimum absolute atomic E-state index is 0.0248. The van der Waals surface area contributed by atoms with Crippen molar-refractivity contribution in [2.24, 2.45) is 0 Å². The number of nitrogens with zero attached hydrogens (tertiary/aromatic N) is 6. The monoisotopic (exact) mass is 506 g/mol. The van der Waals surface area contributed by atoms with Gasteiger partial charge in [-0.1, -0.05) is 36.4 Å². The summed E-state index contributed by atoms with van der Waals surface area (Å²) in [6.07, 6.45) is 8.02. The lowest BCUT2D eigenvalue weighted by atomic mass is 9.89. The van der Waals surface area contributed by atoms with Crippen LogP contribution >= 0.6 is 0 Å². The Morgan fingerprint density at radius 2 is 1.79 bits per heavy atom. The Morgan fingerprint density at radius 1 is 1.00 bits per heavy atom. The number of pyridine rings is 1. The van der Waals surface area contributed by atoms with Gasteiger partial charge in [-0.3, -0.25) is 14.6 Å². The number of ketones is 1. The summed E-state index contributed by atoms with van der Waals surface area (Å²) in [6, 6.07) is 13.9. The Morgan fingerprint density at radius 3 is 2.45 bits per heavy atom. The van der Waals surface area contributed by atoms with E-state index in [-0.39, 0.29) is 23.4 Å². The molecule has 5 heterocycles. The van der Waals surface area contributed by atoms with E-state index in [9.17, 15) is 9.59 Å². The number of hydrogen-bond acceptors (Lipinski definition) is 7. The molecule has 0 aliphatic carbocycles. The zero-order valence-electron chi connectivity index (χ0n) is 20.8. The highest BCUT2D eigenvalue weighted by atomic mass is 16.2. The number of Topliss-reactive ketones (excluding diaryl/α,β-unsaturated/α-hetero) is 1. The molecule has 0 radical (unpaired) electrons. The van der Waals surface area contributed by atoms with Crippen molar-refractivity contribution in [3.8, 4) is 22.4 Å². The van der Waals surface area contributed by atoms with Gasteiger partial charge in [0, 0.05) is 54.3 Å². The molecule has 3 N–H and O–H groups in total. The molecule has 1 fully saturated rings. The third-order valence-corrected chi connectivity index (χ3v) is 7.08. The molecule has 0 unspecified atom stereocenters. The number of likely N-dealkylation sites (tertiary alicyclic amines) is 1. The van der Waals surface area contributed by atoms with Gasteiger partial charge in [0.15, 0.2) is 17.3 Å². The largest absolute Gasteiger partial charge is 0.383 e. The molecule has 38 heavy (non-hydrogen) atoms. The van der Waals surface area contributed by atoms with Crippen LogP contribution in [0.1, 0.15) is 52.4 Å². The number of H-pyrrole nitrogens is 1. The molecular formula is C28H26N8O2. The van der Waals surface area contributed by atoms with Crippen LogP contribution in [-0.4, -0.2) is 59.2 Å². The Bertz CT molecular complexity index is 1620. The molecule has 4 aromatic heterocycles. The quantitative estimate of drug-likeness (QED) is 0.344. The van der Waals surface area contributed by atoms with E-state index in [2.05, 4.69) is 20.1 Å². The third kappa shape index (κ3) is 4.09. The fraction of sp³-hybridized carbons (Fsp3) is 0.214. The molecule has 0 bridgehead atoms. The minimum atomic E-state index is -0.160. The van der Waals surface area contributed by atoms with Crippen molar-refractivity contribution in [3.63, 3.8) is 0 Å². The number of aromatic nitrogens is 6. The number of carbonyl (C=O) groups is 2. The number of aromatic amines is 1. The van der Waals surface area contributed by atoms with Gasteiger partial charge in [0.25, 0.3) is 5.91 Å². The van der Waals surface area contributed by atoms with Gasteiger partial charge in [-0.15, -0.1) is 0 Å². The lowest BCUT2D eigenvalue weighted by molar-refractivity contribution is 0.0699. The summed E-state index contributed by atoms with van der Waals surface area (Å²) in [4.78, 5) is 43.7. The molecule has 10 heteroatoms. The topological polar surface area (TPSA) is 135 Å². The number of carbonyl (C=O) groups excluding carboxylic acids is 2. The van der Waals surface area contributed by atoms with Gasteiger partial charge in [-0.2, -0.15) is 9.61 Å². The van der Waals surface area contributed by atoms with E-state index in [0.29, 0.717) is 48.7 Å². The number of rotatable bonds is 5. The first-order valence-corrected chi connectivity index (χ1v) is 12.5. The maximum absolute atomic E-state index is 12.7. The second-order valence-electron chi connectivity index (χ2n) is 9.41. The number of anilines is 1. The Kier molecular flexibility index (Phi) is 5.91. The van der Waals surface area contributed by atoms with Crippen molar-refractivity contribution in [1.82, 2.24) is 34.4 Å². The van der Waals surface area contributed by atoms with Crippen molar-refractivity contribution < 1.29 is 9.59 Å². The number of piperidine rings is 1. The summed E-state index contributed by atoms with van der Waals surface area (Å²) in [5.74, 6) is 0.280. The molecular weight excluding hydrogens is 480 g/mol. The first-order valence-electron chi connectivity index (χ1n) is 12.5. The van der Waals surface area contributed by atoms with Gasteiger partial charge in [-0.05, 0) is 25.8 Å². The second kappa shape index (κ2) is 9.55. The summed E-state index contributed by atoms with van der Waals surface area (Å²) in [5, 5.41) is 4.45. The number of fused-ring (bicyclic) bond motifs is 1. The van der Waals surface area contributed by atoms with Crippen LogP contribution < -0.4 is 5.73 Å². The van der Waals surface area contributed by atoms with Crippen LogP contribution in [0.25, 0.3) is 28.0 Å². The van der Waals surface area contributed by atoms with Gasteiger partial charge >= 0.3 is 0 Å². The Balaban J connectivity index is 1.34. The van der Waals surface area contributed by atoms with Gasteiger partial charge in [0.05, 0.1) is 23.1 Å². The number of nitrogens with two attached hydrogens (primary N) is 1. The van der Waals surface area contributed by atoms with Crippen molar-refractivity contribution in [3.05, 3.63) is 84.3 Å². The highest BCUT2D eigenvalue weighted by molar-refractivity contribution is 6.00. The number of nitrogen functional groups attached to an aromatic ring is 1. The third-order valence-electron chi connectivity index (χ3n) is 7.08. The SMILES string of the molecule is CC(=O)c1c(C2CCN(C(=O)c3ncc[nH]3)CC2)nc2c(-c3ccc(-c4ccccc4)nc3)cnn2c1N. The minimum Gasteiger partial charge on any atom is -0.383 e. The normalized spacial score (nSPS) is 14.2. The average Bonchev–Trinajstić information content (AvgIpc) is 3.64. The number of hydrogen-bond donors (Lipinski definition) is 2. The summed E-state index contributed by atoms with van der Waals surface area (Å²) in [7, 11) is 0. The highest BCUT2D eigenvalue weighted by Crippen LogP contribution is 2.35. The van der Waals surface area contributed by atoms with Crippen LogP contribution in [0.3, 0.4) is 0 Å². The molecule has 0 atom stereocenters. The van der Waals surface area contributed by atoms with E-state index in [1.54, 1.807) is 29.7 Å². The Hall–Kier alpha value is -4.86. The zero-order valence-corrected chi connectivity index (χ0v) is 20.8. The van der Waals surface area contributed by atoms with Crippen LogP contribution in [0.4, 0.5) is 5.82 Å². The van der Waals surface area contributed by atoms with E-state index in [0.717, 1.165) is 22.4 Å². The standard InChI is InChI=1S/C28H26N8O2/c1-17(37)23-24(19-9-13-35(14-10-19)28(38)26-30-11-12-31-26)34-27-21(16-33-36(27)25(23)29)20-7-8-22(32-15-20)18-5-3-2-4-6-18/h2-8,11-12,15-16,19H,9-10,13-14,29H2,1H3,(H,30,31). The molecule has 1 saturated heterocycles. The van der Waals surface area contributed by atoms with E-state index < -0.39 is 0 Å². The van der Waals surface area contributed by atoms with E-state index in [1.165, 1.54) is 11.4 Å². The molecule has 190 valence electrons. The first kappa shape index (κ1) is 23.5. The average molecular weight is 507 g/mol. The summed E-state index contributed by atoms with van der Waals surface area (Å²) >= 11 is 0. The predicted molar refractivity (Wildman–Crippen MR) is 143 cm³/mol. The molecule has 1 aliphatic heterocycles. The van der Waals surface area contributed by atoms with Gasteiger partial charge in [0.1, 0.15) is 5.82 Å². The maximum Gasteiger partial charge on any atom is 0.289 e. The number of benzene rings is 1. The molecule has 1 aliphatic rings. The first-order chi connectivity index (χ1) is 18.5. The lowest BCUT2D eigenvalue weighted by Crippen LogP contribution is -2.39. The smallest absolute Gasteiger partial charge is 0.289 e. The highest BCUT2D eigenvalue weighted by Gasteiger charge is 2.31. The lowest BCUT2D eigenvalue weighted by Gasteiger charge is -2.32. The van der Waals surface area contributed by atoms with Gasteiger partial charge in [0.2, 0.25) is 0 Å². The molecule has 10 nitrogen and oxygen atoms in total. The van der Waals surface area contributed by atoms with Crippen LogP contribution in [0, 0.1) is 0 Å². The van der Waals surface area contributed by atoms with E-state index >= 15 is 0 Å². The number of imidazole rings is 1. The maximum atomic E-state index is 12.7. The predicted octanol–water partition coefficient (Wildman–Crippen LogP) is 3.99. The van der Waals surface area contributed by atoms with E-state index in [1.807, 2.05) is 42.5 Å². The molecule has 6 rings (SSSR count). The number of nitrogens with one attached hydrogen (secondary N) is 1. The van der Waals surface area contributed by atoms with Gasteiger partial charge in [-0.25, -0.2) is 9.97 Å². The fourth-order valence-electron chi connectivity index (χ4n) is 5.11. The molecule has 0 spiro atoms. The van der Waals surface area contributed by atoms with Crippen molar-refractivity contribution in [2.75, 3.05) is 18.8 Å². The van der Waals surface area contributed by atoms with Crippen LogP contribution in [0.15, 0.2) is 67.3 Å². The van der Waals surface area contributed by atoms with E-state index in [4.69, 9.17) is 10.7 Å². The Labute approximate surface area is 218 Å². The molecule has 0 saturated carbocycles. The van der Waals surface area contributed by atoms with Crippen LogP contribution in [0.2, 0.25) is 0 Å². The van der Waals surface area contributed by atoms with Crippen molar-refractivity contribution in [1.29, 1.82) is 0 Å². The van der Waals surface area contributed by atoms with Crippen LogP contribution in [-0.2, 0) is 0 Å². The fourth-order valence-corrected chi connectivity index (χ4v) is 5.11. The van der Waals surface area contributed by atoms with Crippen molar-refractivity contribution in [2.45, 2.75) is 25.7 Å². The van der Waals surface area contributed by atoms with Gasteiger partial charge < -0.3 is 15.6 Å². The zero-order chi connectivity index (χ0) is 26.2. The molecule has 1 aromatic carbocycles. The molecule has 1 amide bonds.